The molecule has 0 aromatic carbocycles. The van der Waals surface area contributed by atoms with Crippen molar-refractivity contribution in [1.29, 1.82) is 0 Å². The van der Waals surface area contributed by atoms with E-state index in [0.717, 1.165) is 31.3 Å². The molecular weight excluding hydrogens is 279 g/mol. The number of carbonyl (C=O) groups excluding carboxylic acids is 2. The Morgan fingerprint density at radius 2 is 1.77 bits per heavy atom. The minimum absolute atomic E-state index is 0.0882. The Kier molecular flexibility index (Phi) is 3.00. The monoisotopic (exact) mass is 304 g/mol. The number of Topliss-reactive ketones (excluding diaryl/α,β-unsaturated/α-hetero) is 1. The lowest BCUT2D eigenvalue weighted by molar-refractivity contribution is -0.133. The van der Waals surface area contributed by atoms with Gasteiger partial charge in [0.05, 0.1) is 0 Å². The van der Waals surface area contributed by atoms with E-state index in [0.29, 0.717) is 42.8 Å². The molecule has 5 unspecified atom stereocenters. The minimum atomic E-state index is -0.992. The van der Waals surface area contributed by atoms with Crippen molar-refractivity contribution in [2.24, 2.45) is 28.6 Å². The molecule has 4 aliphatic rings. The molecule has 2 nitrogen and oxygen atoms in total. The summed E-state index contributed by atoms with van der Waals surface area (Å²) in [6, 6.07) is 0. The van der Waals surface area contributed by atoms with Gasteiger partial charge in [-0.3, -0.25) is 9.59 Å². The summed E-state index contributed by atoms with van der Waals surface area (Å²) in [5.74, 6) is 1.60. The fraction of sp³-hybridized carbons (Fsp3) is 0.789. The SMILES string of the molecule is CC12CCC3C(C[C@@H](F)C4=CC(=O)CCC43C)C1CCC2=O. The van der Waals surface area contributed by atoms with Gasteiger partial charge in [0, 0.05) is 18.3 Å². The zero-order valence-electron chi connectivity index (χ0n) is 13.5. The van der Waals surface area contributed by atoms with E-state index in [2.05, 4.69) is 13.8 Å². The van der Waals surface area contributed by atoms with Crippen LogP contribution >= 0.6 is 0 Å². The van der Waals surface area contributed by atoms with Gasteiger partial charge in [-0.25, -0.2) is 4.39 Å². The van der Waals surface area contributed by atoms with Gasteiger partial charge in [-0.2, -0.15) is 0 Å². The van der Waals surface area contributed by atoms with Gasteiger partial charge in [-0.05, 0) is 66.9 Å². The van der Waals surface area contributed by atoms with Crippen LogP contribution in [0, 0.1) is 28.6 Å². The topological polar surface area (TPSA) is 34.1 Å². The fourth-order valence-corrected chi connectivity index (χ4v) is 6.33. The highest BCUT2D eigenvalue weighted by Crippen LogP contribution is 2.64. The average Bonchev–Trinajstić information content (AvgIpc) is 2.77. The van der Waals surface area contributed by atoms with Crippen molar-refractivity contribution >= 4 is 11.6 Å². The van der Waals surface area contributed by atoms with E-state index in [1.807, 2.05) is 0 Å². The lowest BCUT2D eigenvalue weighted by Crippen LogP contribution is -2.53. The molecule has 3 fully saturated rings. The molecule has 4 rings (SSSR count). The largest absolute Gasteiger partial charge is 0.299 e. The molecule has 0 spiro atoms. The maximum absolute atomic E-state index is 14.9. The summed E-state index contributed by atoms with van der Waals surface area (Å²) in [5.41, 5.74) is 0.393. The van der Waals surface area contributed by atoms with Crippen molar-refractivity contribution in [3.63, 3.8) is 0 Å². The molecule has 0 aromatic heterocycles. The molecule has 0 bridgehead atoms. The van der Waals surface area contributed by atoms with Crippen LogP contribution in [-0.4, -0.2) is 17.7 Å². The third kappa shape index (κ3) is 1.71. The van der Waals surface area contributed by atoms with E-state index < -0.39 is 6.17 Å². The molecular formula is C19H25FO2. The first kappa shape index (κ1) is 14.6. The Balaban J connectivity index is 1.74. The number of carbonyl (C=O) groups is 2. The zero-order chi connectivity index (χ0) is 15.7. The van der Waals surface area contributed by atoms with E-state index in [9.17, 15) is 14.0 Å². The summed E-state index contributed by atoms with van der Waals surface area (Å²) in [5, 5.41) is 0. The Morgan fingerprint density at radius 3 is 2.55 bits per heavy atom. The first-order valence-electron chi connectivity index (χ1n) is 8.78. The predicted molar refractivity (Wildman–Crippen MR) is 82.0 cm³/mol. The quantitative estimate of drug-likeness (QED) is 0.677. The lowest BCUT2D eigenvalue weighted by Gasteiger charge is -2.57. The minimum Gasteiger partial charge on any atom is -0.299 e. The Morgan fingerprint density at radius 1 is 1.05 bits per heavy atom. The highest BCUT2D eigenvalue weighted by molar-refractivity contribution is 5.92. The van der Waals surface area contributed by atoms with Crippen molar-refractivity contribution in [3.05, 3.63) is 11.6 Å². The van der Waals surface area contributed by atoms with Crippen LogP contribution in [0.25, 0.3) is 0 Å². The van der Waals surface area contributed by atoms with Crippen LogP contribution in [0.5, 0.6) is 0 Å². The van der Waals surface area contributed by atoms with Gasteiger partial charge in [0.1, 0.15) is 12.0 Å². The van der Waals surface area contributed by atoms with Crippen LogP contribution in [0.15, 0.2) is 11.6 Å². The number of allylic oxidation sites excluding steroid dienone is 1. The van der Waals surface area contributed by atoms with Crippen LogP contribution in [0.3, 0.4) is 0 Å². The van der Waals surface area contributed by atoms with E-state index in [1.54, 1.807) is 6.08 Å². The second-order valence-corrected chi connectivity index (χ2v) is 8.48. The van der Waals surface area contributed by atoms with E-state index >= 15 is 0 Å². The summed E-state index contributed by atoms with van der Waals surface area (Å²) in [6.07, 6.45) is 6.06. The average molecular weight is 304 g/mol. The van der Waals surface area contributed by atoms with Crippen molar-refractivity contribution in [2.75, 3.05) is 0 Å². The van der Waals surface area contributed by atoms with Gasteiger partial charge < -0.3 is 0 Å². The molecule has 0 N–H and O–H groups in total. The number of halogens is 1. The van der Waals surface area contributed by atoms with Crippen LogP contribution < -0.4 is 0 Å². The normalized spacial score (nSPS) is 51.0. The molecule has 3 saturated carbocycles. The van der Waals surface area contributed by atoms with Gasteiger partial charge in [-0.15, -0.1) is 0 Å². The molecule has 3 heteroatoms. The number of alkyl halides is 1. The molecule has 0 aliphatic heterocycles. The van der Waals surface area contributed by atoms with Crippen LogP contribution in [-0.2, 0) is 9.59 Å². The van der Waals surface area contributed by atoms with Gasteiger partial charge in [0.2, 0.25) is 0 Å². The first-order chi connectivity index (χ1) is 10.4. The number of hydrogen-bond donors (Lipinski definition) is 0. The summed E-state index contributed by atoms with van der Waals surface area (Å²) in [7, 11) is 0. The van der Waals surface area contributed by atoms with Gasteiger partial charge in [0.15, 0.2) is 5.78 Å². The molecule has 6 atom stereocenters. The van der Waals surface area contributed by atoms with Crippen LogP contribution in [0.2, 0.25) is 0 Å². The molecule has 0 amide bonds. The molecule has 120 valence electrons. The van der Waals surface area contributed by atoms with Gasteiger partial charge in [0.25, 0.3) is 0 Å². The Hall–Kier alpha value is -0.990. The smallest absolute Gasteiger partial charge is 0.155 e. The summed E-state index contributed by atoms with van der Waals surface area (Å²) >= 11 is 0. The van der Waals surface area contributed by atoms with Gasteiger partial charge >= 0.3 is 0 Å². The maximum Gasteiger partial charge on any atom is 0.155 e. The number of ketones is 2. The second-order valence-electron chi connectivity index (χ2n) is 8.48. The van der Waals surface area contributed by atoms with Crippen molar-refractivity contribution < 1.29 is 14.0 Å². The molecule has 0 saturated heterocycles. The van der Waals surface area contributed by atoms with Gasteiger partial charge in [-0.1, -0.05) is 13.8 Å². The highest BCUT2D eigenvalue weighted by atomic mass is 19.1. The van der Waals surface area contributed by atoms with Crippen molar-refractivity contribution in [3.8, 4) is 0 Å². The van der Waals surface area contributed by atoms with E-state index in [4.69, 9.17) is 0 Å². The zero-order valence-corrected chi connectivity index (χ0v) is 13.5. The molecule has 22 heavy (non-hydrogen) atoms. The molecule has 0 aromatic rings. The Bertz CT molecular complexity index is 580. The molecule has 0 radical (unpaired) electrons. The lowest BCUT2D eigenvalue weighted by atomic mass is 9.47. The van der Waals surface area contributed by atoms with Crippen molar-refractivity contribution in [2.45, 2.75) is 65.0 Å². The van der Waals surface area contributed by atoms with Crippen LogP contribution in [0.1, 0.15) is 58.8 Å². The third-order valence-electron chi connectivity index (χ3n) is 7.65. The Labute approximate surface area is 131 Å². The summed E-state index contributed by atoms with van der Waals surface area (Å²) in [4.78, 5) is 24.1. The maximum atomic E-state index is 14.9. The molecule has 0 heterocycles. The van der Waals surface area contributed by atoms with E-state index in [1.165, 1.54) is 0 Å². The number of fused-ring (bicyclic) bond motifs is 5. The molecule has 4 aliphatic carbocycles. The second kappa shape index (κ2) is 4.52. The fourth-order valence-electron chi connectivity index (χ4n) is 6.33. The predicted octanol–water partition coefficient (Wildman–Crippen LogP) is 4.04. The number of rotatable bonds is 0. The summed E-state index contributed by atoms with van der Waals surface area (Å²) in [6.45, 7) is 4.29. The number of hydrogen-bond acceptors (Lipinski definition) is 2. The first-order valence-corrected chi connectivity index (χ1v) is 8.78. The van der Waals surface area contributed by atoms with E-state index in [-0.39, 0.29) is 16.6 Å². The summed E-state index contributed by atoms with van der Waals surface area (Å²) < 4.78 is 14.9. The standard InChI is InChI=1S/C19H25FO2/c1-18-7-5-11(21)9-15(18)16(20)10-12-13-3-4-17(22)19(13,2)8-6-14(12)18/h9,12-14,16H,3-8,10H2,1-2H3/t12?,13?,14?,16-,18?,19?/m1/s1. The highest BCUT2D eigenvalue weighted by Gasteiger charge is 2.60. The third-order valence-corrected chi connectivity index (χ3v) is 7.65. The van der Waals surface area contributed by atoms with Crippen molar-refractivity contribution in [1.82, 2.24) is 0 Å². The van der Waals surface area contributed by atoms with Crippen LogP contribution in [0.4, 0.5) is 4.39 Å².